The van der Waals surface area contributed by atoms with Gasteiger partial charge in [-0.15, -0.1) is 0 Å². The highest BCUT2D eigenvalue weighted by molar-refractivity contribution is 9.10. The molecule has 0 heterocycles. The van der Waals surface area contributed by atoms with Crippen LogP contribution in [0, 0.1) is 0 Å². The first-order valence-electron chi connectivity index (χ1n) is 8.98. The van der Waals surface area contributed by atoms with E-state index in [1.807, 2.05) is 36.4 Å². The summed E-state index contributed by atoms with van der Waals surface area (Å²) in [6.07, 6.45) is 1.05. The average molecular weight is 440 g/mol. The van der Waals surface area contributed by atoms with Gasteiger partial charge in [0.15, 0.2) is 0 Å². The Balaban J connectivity index is 1.68. The molecule has 0 saturated carbocycles. The smallest absolute Gasteiger partial charge is 0.130 e. The average Bonchev–Trinajstić information content (AvgIpc) is 2.72. The normalized spacial score (nSPS) is 10.4. The van der Waals surface area contributed by atoms with Crippen LogP contribution < -0.4 is 10.1 Å². The SMILES string of the molecule is CCc1ccc(CNC(=S)c2cc(Br)ccc2OCc2ccccc2)cc1. The minimum absolute atomic E-state index is 0.510. The number of ether oxygens (including phenoxy) is 1. The number of benzene rings is 3. The van der Waals surface area contributed by atoms with Crippen molar-refractivity contribution in [1.29, 1.82) is 0 Å². The summed E-state index contributed by atoms with van der Waals surface area (Å²) in [4.78, 5) is 0.680. The van der Waals surface area contributed by atoms with Gasteiger partial charge in [-0.1, -0.05) is 89.7 Å². The van der Waals surface area contributed by atoms with E-state index in [1.165, 1.54) is 11.1 Å². The zero-order valence-electron chi connectivity index (χ0n) is 15.2. The summed E-state index contributed by atoms with van der Waals surface area (Å²) in [6, 6.07) is 24.6. The molecule has 0 spiro atoms. The maximum absolute atomic E-state index is 6.03. The lowest BCUT2D eigenvalue weighted by atomic mass is 10.1. The van der Waals surface area contributed by atoms with Crippen LogP contribution in [-0.2, 0) is 19.6 Å². The number of aryl methyl sites for hydroxylation is 1. The molecule has 27 heavy (non-hydrogen) atoms. The summed E-state index contributed by atoms with van der Waals surface area (Å²) in [5.74, 6) is 0.779. The molecule has 0 radical (unpaired) electrons. The summed E-state index contributed by atoms with van der Waals surface area (Å²) in [5.41, 5.74) is 4.56. The third-order valence-corrected chi connectivity index (χ3v) is 5.17. The van der Waals surface area contributed by atoms with Crippen LogP contribution in [0.4, 0.5) is 0 Å². The zero-order valence-corrected chi connectivity index (χ0v) is 17.6. The fourth-order valence-electron chi connectivity index (χ4n) is 2.71. The first-order valence-corrected chi connectivity index (χ1v) is 10.2. The number of rotatable bonds is 7. The van der Waals surface area contributed by atoms with E-state index in [0.717, 1.165) is 27.8 Å². The minimum atomic E-state index is 0.510. The molecular formula is C23H22BrNOS. The number of hydrogen-bond donors (Lipinski definition) is 1. The molecule has 0 unspecified atom stereocenters. The Labute approximate surface area is 174 Å². The molecule has 0 aliphatic carbocycles. The quantitative estimate of drug-likeness (QED) is 0.452. The predicted molar refractivity (Wildman–Crippen MR) is 119 cm³/mol. The monoisotopic (exact) mass is 439 g/mol. The van der Waals surface area contributed by atoms with E-state index in [9.17, 15) is 0 Å². The fourth-order valence-corrected chi connectivity index (χ4v) is 3.30. The highest BCUT2D eigenvalue weighted by Crippen LogP contribution is 2.25. The summed E-state index contributed by atoms with van der Waals surface area (Å²) < 4.78 is 7.01. The van der Waals surface area contributed by atoms with Crippen LogP contribution in [0.1, 0.15) is 29.2 Å². The van der Waals surface area contributed by atoms with Crippen molar-refractivity contribution in [1.82, 2.24) is 5.32 Å². The Hall–Kier alpha value is -2.17. The highest BCUT2D eigenvalue weighted by Gasteiger charge is 2.10. The first-order chi connectivity index (χ1) is 13.2. The van der Waals surface area contributed by atoms with Gasteiger partial charge in [-0.05, 0) is 41.3 Å². The van der Waals surface area contributed by atoms with Gasteiger partial charge in [0.1, 0.15) is 17.3 Å². The number of thiocarbonyl (C=S) groups is 1. The molecule has 0 saturated heterocycles. The predicted octanol–water partition coefficient (Wildman–Crippen LogP) is 6.06. The molecule has 0 fully saturated rings. The molecule has 0 atom stereocenters. The first kappa shape index (κ1) is 19.6. The number of nitrogens with one attached hydrogen (secondary N) is 1. The van der Waals surface area contributed by atoms with Gasteiger partial charge in [0.2, 0.25) is 0 Å². The van der Waals surface area contributed by atoms with Crippen LogP contribution in [0.5, 0.6) is 5.75 Å². The van der Waals surface area contributed by atoms with E-state index in [1.54, 1.807) is 0 Å². The molecule has 0 aliphatic rings. The summed E-state index contributed by atoms with van der Waals surface area (Å²) in [6.45, 7) is 3.36. The molecule has 4 heteroatoms. The topological polar surface area (TPSA) is 21.3 Å². The van der Waals surface area contributed by atoms with Crippen LogP contribution in [-0.4, -0.2) is 4.99 Å². The van der Waals surface area contributed by atoms with Crippen molar-refractivity contribution in [2.45, 2.75) is 26.5 Å². The van der Waals surface area contributed by atoms with Crippen molar-refractivity contribution >= 4 is 33.1 Å². The zero-order chi connectivity index (χ0) is 19.1. The third-order valence-electron chi connectivity index (χ3n) is 4.31. The molecule has 138 valence electrons. The molecule has 0 bridgehead atoms. The molecule has 3 rings (SSSR count). The lowest BCUT2D eigenvalue weighted by Crippen LogP contribution is -2.22. The Morgan fingerprint density at radius 1 is 0.926 bits per heavy atom. The van der Waals surface area contributed by atoms with Gasteiger partial charge < -0.3 is 10.1 Å². The van der Waals surface area contributed by atoms with Crippen molar-refractivity contribution < 1.29 is 4.74 Å². The largest absolute Gasteiger partial charge is 0.488 e. The van der Waals surface area contributed by atoms with Gasteiger partial charge in [0.25, 0.3) is 0 Å². The van der Waals surface area contributed by atoms with Crippen molar-refractivity contribution in [3.8, 4) is 5.75 Å². The second-order valence-corrected chi connectivity index (χ2v) is 7.59. The standard InChI is InChI=1S/C23H22BrNOS/c1-2-17-8-10-18(11-9-17)15-25-23(27)21-14-20(24)12-13-22(21)26-16-19-6-4-3-5-7-19/h3-14H,2,15-16H2,1H3,(H,25,27). The van der Waals surface area contributed by atoms with Gasteiger partial charge in [0, 0.05) is 11.0 Å². The van der Waals surface area contributed by atoms with E-state index < -0.39 is 0 Å². The molecule has 1 N–H and O–H groups in total. The molecular weight excluding hydrogens is 418 g/mol. The summed E-state index contributed by atoms with van der Waals surface area (Å²) >= 11 is 9.16. The fraction of sp³-hybridized carbons (Fsp3) is 0.174. The minimum Gasteiger partial charge on any atom is -0.488 e. The second-order valence-electron chi connectivity index (χ2n) is 6.27. The molecule has 3 aromatic carbocycles. The van der Waals surface area contributed by atoms with Crippen LogP contribution >= 0.6 is 28.1 Å². The Morgan fingerprint density at radius 3 is 2.33 bits per heavy atom. The van der Waals surface area contributed by atoms with E-state index in [2.05, 4.69) is 64.6 Å². The van der Waals surface area contributed by atoms with Crippen molar-refractivity contribution in [3.63, 3.8) is 0 Å². The molecule has 2 nitrogen and oxygen atoms in total. The maximum Gasteiger partial charge on any atom is 0.130 e. The van der Waals surface area contributed by atoms with Crippen molar-refractivity contribution in [2.24, 2.45) is 0 Å². The van der Waals surface area contributed by atoms with Crippen LogP contribution in [0.3, 0.4) is 0 Å². The van der Waals surface area contributed by atoms with Crippen molar-refractivity contribution in [3.05, 3.63) is 99.5 Å². The maximum atomic E-state index is 6.03. The van der Waals surface area contributed by atoms with Crippen LogP contribution in [0.25, 0.3) is 0 Å². The lowest BCUT2D eigenvalue weighted by Gasteiger charge is -2.14. The summed E-state index contributed by atoms with van der Waals surface area (Å²) in [5, 5.41) is 3.35. The Bertz CT molecular complexity index is 894. The van der Waals surface area contributed by atoms with Gasteiger partial charge in [0.05, 0.1) is 5.56 Å². The van der Waals surface area contributed by atoms with Gasteiger partial charge in [-0.2, -0.15) is 0 Å². The van der Waals surface area contributed by atoms with Gasteiger partial charge in [-0.25, -0.2) is 0 Å². The van der Waals surface area contributed by atoms with Gasteiger partial charge >= 0.3 is 0 Å². The second kappa shape index (κ2) is 9.67. The Morgan fingerprint density at radius 2 is 1.63 bits per heavy atom. The molecule has 0 aromatic heterocycles. The highest BCUT2D eigenvalue weighted by atomic mass is 79.9. The summed E-state index contributed by atoms with van der Waals surface area (Å²) in [7, 11) is 0. The van der Waals surface area contributed by atoms with Crippen LogP contribution in [0.15, 0.2) is 77.3 Å². The molecule has 0 amide bonds. The van der Waals surface area contributed by atoms with E-state index in [4.69, 9.17) is 17.0 Å². The molecule has 0 aliphatic heterocycles. The van der Waals surface area contributed by atoms with E-state index in [0.29, 0.717) is 18.1 Å². The van der Waals surface area contributed by atoms with E-state index in [-0.39, 0.29) is 0 Å². The number of halogens is 1. The number of hydrogen-bond acceptors (Lipinski definition) is 2. The third kappa shape index (κ3) is 5.65. The van der Waals surface area contributed by atoms with E-state index >= 15 is 0 Å². The lowest BCUT2D eigenvalue weighted by molar-refractivity contribution is 0.305. The van der Waals surface area contributed by atoms with Crippen LogP contribution in [0.2, 0.25) is 0 Å². The molecule has 3 aromatic rings. The van der Waals surface area contributed by atoms with Gasteiger partial charge in [-0.3, -0.25) is 0 Å². The van der Waals surface area contributed by atoms with Crippen molar-refractivity contribution in [2.75, 3.05) is 0 Å². The Kier molecular flexibility index (Phi) is 7.02.